The highest BCUT2D eigenvalue weighted by atomic mass is 14.2. The van der Waals surface area contributed by atoms with Gasteiger partial charge in [-0.25, -0.2) is 0 Å². The summed E-state index contributed by atoms with van der Waals surface area (Å²) in [5.41, 5.74) is 54.7. The second-order valence-electron chi connectivity index (χ2n) is 37.1. The molecule has 0 aliphatic heterocycles. The van der Waals surface area contributed by atoms with Gasteiger partial charge in [0.15, 0.2) is 0 Å². The van der Waals surface area contributed by atoms with Crippen LogP contribution in [-0.2, 0) is 0 Å². The molecular formula is C140H112. The molecule has 0 saturated carbocycles. The molecule has 0 spiro atoms. The predicted molar refractivity (Wildman–Crippen MR) is 602 cm³/mol. The van der Waals surface area contributed by atoms with E-state index in [1.807, 2.05) is 0 Å². The van der Waals surface area contributed by atoms with Gasteiger partial charge >= 0.3 is 0 Å². The van der Waals surface area contributed by atoms with E-state index >= 15 is 0 Å². The van der Waals surface area contributed by atoms with Crippen LogP contribution in [0.3, 0.4) is 0 Å². The monoisotopic (exact) mass is 1790 g/mol. The summed E-state index contributed by atoms with van der Waals surface area (Å²) in [4.78, 5) is 0. The molecule has 0 nitrogen and oxygen atoms in total. The molecule has 0 heterocycles. The molecule has 0 aromatic heterocycles. The Morgan fingerprint density at radius 1 is 0.0714 bits per heavy atom. The largest absolute Gasteiger partial charge is 0.0622 e. The highest BCUT2D eigenvalue weighted by Crippen LogP contribution is 2.43. The van der Waals surface area contributed by atoms with Gasteiger partial charge in [0.1, 0.15) is 0 Å². The average Bonchev–Trinajstić information content (AvgIpc) is 0.784. The van der Waals surface area contributed by atoms with Crippen molar-refractivity contribution in [2.45, 2.75) is 55.4 Å². The minimum absolute atomic E-state index is 1.22. The lowest BCUT2D eigenvalue weighted by molar-refractivity contribution is 1.45. The summed E-state index contributed by atoms with van der Waals surface area (Å²) in [5.74, 6) is 0. The summed E-state index contributed by atoms with van der Waals surface area (Å²) < 4.78 is 0. The van der Waals surface area contributed by atoms with Crippen molar-refractivity contribution in [2.75, 3.05) is 0 Å². The fourth-order valence-corrected chi connectivity index (χ4v) is 18.7. The van der Waals surface area contributed by atoms with Crippen LogP contribution in [0.2, 0.25) is 0 Å². The van der Waals surface area contributed by atoms with Crippen molar-refractivity contribution in [3.8, 4) is 200 Å². The molecule has 672 valence electrons. The van der Waals surface area contributed by atoms with Crippen LogP contribution in [0.25, 0.3) is 200 Å². The van der Waals surface area contributed by atoms with Crippen LogP contribution in [-0.4, -0.2) is 0 Å². The average molecular weight is 1790 g/mol. The van der Waals surface area contributed by atoms with Gasteiger partial charge in [0, 0.05) is 0 Å². The maximum Gasteiger partial charge on any atom is -0.0105 e. The lowest BCUT2D eigenvalue weighted by atomic mass is 9.89. The van der Waals surface area contributed by atoms with Crippen molar-refractivity contribution in [3.63, 3.8) is 0 Å². The molecule has 0 saturated heterocycles. The van der Waals surface area contributed by atoms with E-state index in [1.54, 1.807) is 0 Å². The molecule has 0 amide bonds. The van der Waals surface area contributed by atoms with Gasteiger partial charge in [0.2, 0.25) is 0 Å². The van der Waals surface area contributed by atoms with Crippen LogP contribution in [0.1, 0.15) is 44.5 Å². The lowest BCUT2D eigenvalue weighted by Gasteiger charge is -2.15. The standard InChI is InChI=1S/2C38H30.2C32H26/c1-27-13-17-31(18-14-27)35-21-33(29-9-5-3-6-10-29)23-37(25-35)38-24-34(30-11-7-4-8-12-30)22-36(26-38)32-19-15-28(2)16-20-32;1-27-13-15-31(16-14-27)37-24-36(30-11-7-4-8-12-30)25-38(26-37)33-19-17-32(18-20-33)35-22-28(2)21-34(23-35)29-9-5-3-6-10-29;1-23-10-8-14-27(18-23)31-16-6-7-17-32(31)28-15-9-13-26(21-28)30-20-24(2)19-29(22-30)25-11-4-3-5-12-25;1-23-11-15-26(16-12-23)28-9-6-10-29(19-28)32-21-30(25-7-4-3-5-8-25)20-31(22-32)27-17-13-24(2)14-18-27/h2*3-26H,1-2H3;2*3-22H,1-2H3. The molecule has 22 rings (SSSR count). The molecule has 0 heteroatoms. The molecule has 0 atom stereocenters. The van der Waals surface area contributed by atoms with Crippen molar-refractivity contribution in [1.82, 2.24) is 0 Å². The first-order chi connectivity index (χ1) is 68.6. The third kappa shape index (κ3) is 22.8. The Bertz CT molecular complexity index is 7850. The Morgan fingerprint density at radius 3 is 0.436 bits per heavy atom. The van der Waals surface area contributed by atoms with Crippen LogP contribution in [0.5, 0.6) is 0 Å². The van der Waals surface area contributed by atoms with Gasteiger partial charge in [0.05, 0.1) is 0 Å². The molecule has 0 bridgehead atoms. The highest BCUT2D eigenvalue weighted by molar-refractivity contribution is 5.91. The van der Waals surface area contributed by atoms with E-state index in [9.17, 15) is 0 Å². The Labute approximate surface area is 828 Å². The van der Waals surface area contributed by atoms with Gasteiger partial charge < -0.3 is 0 Å². The Morgan fingerprint density at radius 2 is 0.200 bits per heavy atom. The summed E-state index contributed by atoms with van der Waals surface area (Å²) >= 11 is 0. The molecule has 0 aliphatic rings. The van der Waals surface area contributed by atoms with E-state index in [0.717, 1.165) is 0 Å². The number of benzene rings is 22. The summed E-state index contributed by atoms with van der Waals surface area (Å²) in [7, 11) is 0. The first kappa shape index (κ1) is 91.9. The second kappa shape index (κ2) is 43.2. The van der Waals surface area contributed by atoms with Crippen molar-refractivity contribution >= 4 is 0 Å². The molecule has 22 aromatic carbocycles. The van der Waals surface area contributed by atoms with Crippen LogP contribution in [0.4, 0.5) is 0 Å². The number of aryl methyl sites for hydroxylation is 8. The Hall–Kier alpha value is -17.2. The number of rotatable bonds is 18. The quantitative estimate of drug-likeness (QED) is 0.0803. The van der Waals surface area contributed by atoms with E-state index in [0.29, 0.717) is 0 Å². The van der Waals surface area contributed by atoms with Crippen molar-refractivity contribution in [3.05, 3.63) is 578 Å². The van der Waals surface area contributed by atoms with Crippen LogP contribution < -0.4 is 0 Å². The van der Waals surface area contributed by atoms with Crippen molar-refractivity contribution in [1.29, 1.82) is 0 Å². The maximum absolute atomic E-state index is 2.33. The predicted octanol–water partition coefficient (Wildman–Crippen LogP) is 39.2. The zero-order valence-electron chi connectivity index (χ0n) is 80.8. The van der Waals surface area contributed by atoms with E-state index in [4.69, 9.17) is 0 Å². The first-order valence-corrected chi connectivity index (χ1v) is 48.6. The Balaban J connectivity index is 0.000000119. The summed E-state index contributed by atoms with van der Waals surface area (Å²) in [5, 5.41) is 0. The normalized spacial score (nSPS) is 10.9. The van der Waals surface area contributed by atoms with Crippen molar-refractivity contribution < 1.29 is 0 Å². The molecule has 0 radical (unpaired) electrons. The van der Waals surface area contributed by atoms with E-state index in [-0.39, 0.29) is 0 Å². The van der Waals surface area contributed by atoms with E-state index in [2.05, 4.69) is 589 Å². The Kier molecular flexibility index (Phi) is 28.4. The van der Waals surface area contributed by atoms with Gasteiger partial charge in [0.25, 0.3) is 0 Å². The minimum atomic E-state index is 1.22. The molecule has 0 aliphatic carbocycles. The molecule has 22 aromatic rings. The van der Waals surface area contributed by atoms with Crippen molar-refractivity contribution in [2.24, 2.45) is 0 Å². The third-order valence-electron chi connectivity index (χ3n) is 26.3. The smallest absolute Gasteiger partial charge is 0.0105 e. The minimum Gasteiger partial charge on any atom is -0.0622 e. The van der Waals surface area contributed by atoms with Gasteiger partial charge in [-0.2, -0.15) is 0 Å². The summed E-state index contributed by atoms with van der Waals surface area (Å²) in [6, 6.07) is 194. The fraction of sp³-hybridized carbons (Fsp3) is 0.0571. The molecule has 0 unspecified atom stereocenters. The molecule has 0 fully saturated rings. The van der Waals surface area contributed by atoms with E-state index in [1.165, 1.54) is 245 Å². The van der Waals surface area contributed by atoms with Crippen LogP contribution in [0, 0.1) is 55.4 Å². The number of hydrogen-bond donors (Lipinski definition) is 0. The van der Waals surface area contributed by atoms with Crippen LogP contribution >= 0.6 is 0 Å². The highest BCUT2D eigenvalue weighted by Gasteiger charge is 2.18. The summed E-state index contributed by atoms with van der Waals surface area (Å²) in [6.07, 6.45) is 0. The SMILES string of the molecule is Cc1cc(-c2ccccc2)cc(-c2cccc(-c3ccccc3-c3cccc(C)c3)c2)c1.Cc1ccc(-c2cc(-c3ccccc3)cc(-c3cc(-c4ccccc4)cc(-c4ccc(C)cc4)c3)c2)cc1.Cc1ccc(-c2cc(-c3ccccc3)cc(-c3ccc(-c4cc(C)cc(-c5ccccc5)c4)cc3)c2)cc1.Cc1ccc(-c2cccc(-c3cc(-c4ccccc4)cc(-c4ccc(C)cc4)c3)c2)cc1. The fourth-order valence-electron chi connectivity index (χ4n) is 18.7. The number of hydrogen-bond acceptors (Lipinski definition) is 0. The molecule has 0 N–H and O–H groups in total. The zero-order chi connectivity index (χ0) is 95.6. The van der Waals surface area contributed by atoms with E-state index < -0.39 is 0 Å². The first-order valence-electron chi connectivity index (χ1n) is 48.6. The molecule has 140 heavy (non-hydrogen) atoms. The molecular weight excluding hydrogens is 1680 g/mol. The zero-order valence-corrected chi connectivity index (χ0v) is 80.8. The van der Waals surface area contributed by atoms with Crippen LogP contribution in [0.15, 0.2) is 534 Å². The maximum atomic E-state index is 2.33. The second-order valence-corrected chi connectivity index (χ2v) is 37.1. The topological polar surface area (TPSA) is 0 Å². The van der Waals surface area contributed by atoms with Gasteiger partial charge in [-0.05, 0) is 364 Å². The van der Waals surface area contributed by atoms with Gasteiger partial charge in [-0.1, -0.05) is 470 Å². The third-order valence-corrected chi connectivity index (χ3v) is 26.3. The van der Waals surface area contributed by atoms with Gasteiger partial charge in [-0.3, -0.25) is 0 Å². The lowest BCUT2D eigenvalue weighted by Crippen LogP contribution is -1.89. The summed E-state index contributed by atoms with van der Waals surface area (Å²) in [6.45, 7) is 17.2. The van der Waals surface area contributed by atoms with Gasteiger partial charge in [-0.15, -0.1) is 0 Å².